The van der Waals surface area contributed by atoms with E-state index in [4.69, 9.17) is 0 Å². The summed E-state index contributed by atoms with van der Waals surface area (Å²) in [7, 11) is 0. The van der Waals surface area contributed by atoms with Crippen LogP contribution in [-0.2, 0) is 6.54 Å². The predicted octanol–water partition coefficient (Wildman–Crippen LogP) is 0.688. The Morgan fingerprint density at radius 2 is 1.90 bits per heavy atom. The highest BCUT2D eigenvalue weighted by molar-refractivity contribution is 6.05. The molecule has 9 heteroatoms. The Morgan fingerprint density at radius 3 is 2.59 bits per heavy atom. The molecule has 1 amide bonds. The fourth-order valence-corrected chi connectivity index (χ4v) is 4.47. The quantitative estimate of drug-likeness (QED) is 0.555. The lowest BCUT2D eigenvalue weighted by Gasteiger charge is -2.42. The number of piperidine rings is 1. The number of pyridine rings is 1. The Kier molecular flexibility index (Phi) is 4.45. The van der Waals surface area contributed by atoms with Gasteiger partial charge >= 0.3 is 0 Å². The highest BCUT2D eigenvalue weighted by Gasteiger charge is 2.37. The molecule has 9 nitrogen and oxygen atoms in total. The summed E-state index contributed by atoms with van der Waals surface area (Å²) in [5.74, 6) is -2.13. The van der Waals surface area contributed by atoms with Gasteiger partial charge in [0.1, 0.15) is 0 Å². The molecule has 2 atom stereocenters. The molecular formula is C20H18N3O6-. The van der Waals surface area contributed by atoms with E-state index in [0.29, 0.717) is 19.6 Å². The zero-order valence-electron chi connectivity index (χ0n) is 15.7. The van der Waals surface area contributed by atoms with Gasteiger partial charge in [-0.2, -0.15) is 0 Å². The van der Waals surface area contributed by atoms with Crippen LogP contribution in [-0.4, -0.2) is 39.4 Å². The molecule has 0 aliphatic carbocycles. The lowest BCUT2D eigenvalue weighted by atomic mass is 9.82. The molecule has 150 valence electrons. The highest BCUT2D eigenvalue weighted by Crippen LogP contribution is 2.36. The number of likely N-dealkylation sites (tertiary alicyclic amines) is 1. The van der Waals surface area contributed by atoms with Gasteiger partial charge in [-0.25, -0.2) is 0 Å². The molecule has 0 N–H and O–H groups in total. The summed E-state index contributed by atoms with van der Waals surface area (Å²) in [4.78, 5) is 49.0. The van der Waals surface area contributed by atoms with Crippen molar-refractivity contribution in [1.82, 2.24) is 9.47 Å². The van der Waals surface area contributed by atoms with Crippen molar-refractivity contribution in [3.05, 3.63) is 73.2 Å². The number of aromatic nitrogens is 1. The number of nitro groups is 1. The van der Waals surface area contributed by atoms with Crippen molar-refractivity contribution < 1.29 is 19.6 Å². The minimum atomic E-state index is -1.56. The molecule has 1 aromatic heterocycles. The third-order valence-corrected chi connectivity index (χ3v) is 5.75. The van der Waals surface area contributed by atoms with Crippen LogP contribution in [0.1, 0.15) is 44.3 Å². The minimum absolute atomic E-state index is 0.0489. The molecule has 4 rings (SSSR count). The van der Waals surface area contributed by atoms with Gasteiger partial charge in [-0.05, 0) is 31.4 Å². The number of carbonyl (C=O) groups excluding carboxylic acids is 2. The van der Waals surface area contributed by atoms with Gasteiger partial charge in [0, 0.05) is 54.5 Å². The summed E-state index contributed by atoms with van der Waals surface area (Å²) >= 11 is 0. The maximum atomic E-state index is 13.2. The number of hydrogen-bond acceptors (Lipinski definition) is 6. The Labute approximate surface area is 165 Å². The molecule has 1 saturated heterocycles. The van der Waals surface area contributed by atoms with Crippen molar-refractivity contribution in [3.8, 4) is 0 Å². The number of hydrogen-bond donors (Lipinski definition) is 0. The van der Waals surface area contributed by atoms with Crippen molar-refractivity contribution in [1.29, 1.82) is 0 Å². The van der Waals surface area contributed by atoms with Gasteiger partial charge in [0.05, 0.1) is 16.5 Å². The largest absolute Gasteiger partial charge is 0.545 e. The molecular weight excluding hydrogens is 378 g/mol. The standard InChI is InChI=1S/C20H19N3O6/c1-11-5-15(20(26)27)14(7-17(11)23(28)29)19(25)21-8-12-6-13(10-21)16-3-2-4-18(24)22(16)9-12/h2-5,7,12-13H,6,8-10H2,1H3,(H,26,27)/p-1/t12-,13+/m0/s1. The number of amides is 1. The number of nitrogens with zero attached hydrogens (tertiary/aromatic N) is 3. The van der Waals surface area contributed by atoms with E-state index in [2.05, 4.69) is 0 Å². The van der Waals surface area contributed by atoms with Crippen LogP contribution in [0.25, 0.3) is 0 Å². The van der Waals surface area contributed by atoms with Crippen LogP contribution in [0, 0.1) is 23.0 Å². The highest BCUT2D eigenvalue weighted by atomic mass is 16.6. The molecule has 3 heterocycles. The Morgan fingerprint density at radius 1 is 1.14 bits per heavy atom. The molecule has 29 heavy (non-hydrogen) atoms. The Bertz CT molecular complexity index is 1110. The third-order valence-electron chi connectivity index (χ3n) is 5.75. The van der Waals surface area contributed by atoms with E-state index in [9.17, 15) is 29.6 Å². The molecule has 2 aliphatic rings. The smallest absolute Gasteiger partial charge is 0.273 e. The minimum Gasteiger partial charge on any atom is -0.545 e. The molecule has 0 radical (unpaired) electrons. The van der Waals surface area contributed by atoms with Crippen molar-refractivity contribution in [2.24, 2.45) is 5.92 Å². The molecule has 2 aliphatic heterocycles. The second kappa shape index (κ2) is 6.84. The Balaban J connectivity index is 1.71. The third kappa shape index (κ3) is 3.18. The van der Waals surface area contributed by atoms with Crippen LogP contribution >= 0.6 is 0 Å². The summed E-state index contributed by atoms with van der Waals surface area (Å²) in [5, 5.41) is 22.8. The number of fused-ring (bicyclic) bond motifs is 4. The Hall–Kier alpha value is -3.49. The van der Waals surface area contributed by atoms with Gasteiger partial charge in [0.15, 0.2) is 0 Å². The summed E-state index contributed by atoms with van der Waals surface area (Å²) in [6.07, 6.45) is 0.828. The maximum Gasteiger partial charge on any atom is 0.273 e. The van der Waals surface area contributed by atoms with E-state index < -0.39 is 16.8 Å². The van der Waals surface area contributed by atoms with Crippen LogP contribution in [0.5, 0.6) is 0 Å². The van der Waals surface area contributed by atoms with Crippen LogP contribution < -0.4 is 10.7 Å². The maximum absolute atomic E-state index is 13.2. The van der Waals surface area contributed by atoms with Crippen LogP contribution in [0.2, 0.25) is 0 Å². The number of nitro benzene ring substituents is 1. The van der Waals surface area contributed by atoms with Gasteiger partial charge in [0.25, 0.3) is 17.2 Å². The molecule has 0 spiro atoms. The number of rotatable bonds is 3. The zero-order valence-corrected chi connectivity index (χ0v) is 15.7. The molecule has 2 bridgehead atoms. The first kappa shape index (κ1) is 18.9. The van der Waals surface area contributed by atoms with Crippen molar-refractivity contribution in [2.45, 2.75) is 25.8 Å². The van der Waals surface area contributed by atoms with Crippen LogP contribution in [0.15, 0.2) is 35.1 Å². The fraction of sp³-hybridized carbons (Fsp3) is 0.350. The first-order valence-corrected chi connectivity index (χ1v) is 9.25. The first-order valence-electron chi connectivity index (χ1n) is 9.25. The number of carbonyl (C=O) groups is 2. The summed E-state index contributed by atoms with van der Waals surface area (Å²) in [6, 6.07) is 7.18. The number of aryl methyl sites for hydroxylation is 1. The molecule has 2 aromatic rings. The second-order valence-electron chi connectivity index (χ2n) is 7.64. The summed E-state index contributed by atoms with van der Waals surface area (Å²) < 4.78 is 1.73. The van der Waals surface area contributed by atoms with Gasteiger partial charge in [-0.15, -0.1) is 0 Å². The monoisotopic (exact) mass is 396 g/mol. The van der Waals surface area contributed by atoms with E-state index in [1.165, 1.54) is 17.9 Å². The SMILES string of the molecule is Cc1cc(C(=O)[O-])c(C(=O)N2C[C@@H]3C[C@H](C2)c2cccc(=O)n2C3)cc1[N+](=O)[O-]. The number of carboxylic acid groups (broad SMARTS) is 1. The molecule has 0 unspecified atom stereocenters. The number of aromatic carboxylic acids is 1. The van der Waals surface area contributed by atoms with Crippen molar-refractivity contribution >= 4 is 17.6 Å². The average Bonchev–Trinajstić information content (AvgIpc) is 2.67. The first-order chi connectivity index (χ1) is 13.8. The second-order valence-corrected chi connectivity index (χ2v) is 7.64. The summed E-state index contributed by atoms with van der Waals surface area (Å²) in [6.45, 7) is 2.56. The molecule has 1 fully saturated rings. The van der Waals surface area contributed by atoms with Crippen molar-refractivity contribution in [3.63, 3.8) is 0 Å². The summed E-state index contributed by atoms with van der Waals surface area (Å²) in [5.41, 5.74) is 0.00632. The van der Waals surface area contributed by atoms with E-state index in [1.807, 2.05) is 6.07 Å². The van der Waals surface area contributed by atoms with Crippen molar-refractivity contribution in [2.75, 3.05) is 13.1 Å². The lowest BCUT2D eigenvalue weighted by molar-refractivity contribution is -0.385. The van der Waals surface area contributed by atoms with Crippen LogP contribution in [0.4, 0.5) is 5.69 Å². The normalized spacial score (nSPS) is 20.1. The van der Waals surface area contributed by atoms with E-state index in [0.717, 1.165) is 24.2 Å². The van der Waals surface area contributed by atoms with Gasteiger partial charge in [0.2, 0.25) is 0 Å². The fourth-order valence-electron chi connectivity index (χ4n) is 4.47. The number of carboxylic acids is 1. The van der Waals surface area contributed by atoms with E-state index in [1.54, 1.807) is 10.6 Å². The van der Waals surface area contributed by atoms with E-state index >= 15 is 0 Å². The lowest BCUT2D eigenvalue weighted by Crippen LogP contribution is -2.49. The zero-order chi connectivity index (χ0) is 20.9. The topological polar surface area (TPSA) is 126 Å². The van der Waals surface area contributed by atoms with Gasteiger partial charge < -0.3 is 19.4 Å². The average molecular weight is 396 g/mol. The van der Waals surface area contributed by atoms with E-state index in [-0.39, 0.29) is 39.8 Å². The van der Waals surface area contributed by atoms with Crippen LogP contribution in [0.3, 0.4) is 0 Å². The van der Waals surface area contributed by atoms with Gasteiger partial charge in [-0.1, -0.05) is 6.07 Å². The predicted molar refractivity (Wildman–Crippen MR) is 99.6 cm³/mol. The number of benzene rings is 1. The molecule has 0 saturated carbocycles. The van der Waals surface area contributed by atoms with Gasteiger partial charge in [-0.3, -0.25) is 19.7 Å². The molecule has 1 aromatic carbocycles.